The second kappa shape index (κ2) is 4.63. The summed E-state index contributed by atoms with van der Waals surface area (Å²) >= 11 is 0. The van der Waals surface area contributed by atoms with Crippen LogP contribution in [-0.4, -0.2) is 23.5 Å². The SMILES string of the molecule is CC1CC(NC(=O)N2CCc3ccccc3C2)C1. The average Bonchev–Trinajstić information content (AvgIpc) is 2.36. The van der Waals surface area contributed by atoms with Gasteiger partial charge >= 0.3 is 6.03 Å². The number of nitrogens with zero attached hydrogens (tertiary/aromatic N) is 1. The molecule has 0 spiro atoms. The van der Waals surface area contributed by atoms with Crippen LogP contribution in [0.1, 0.15) is 30.9 Å². The van der Waals surface area contributed by atoms with Crippen LogP contribution in [0, 0.1) is 5.92 Å². The molecule has 1 fully saturated rings. The van der Waals surface area contributed by atoms with Crippen molar-refractivity contribution >= 4 is 6.03 Å². The highest BCUT2D eigenvalue weighted by Gasteiger charge is 2.29. The van der Waals surface area contributed by atoms with Crippen LogP contribution in [0.2, 0.25) is 0 Å². The lowest BCUT2D eigenvalue weighted by Crippen LogP contribution is -2.50. The zero-order valence-corrected chi connectivity index (χ0v) is 10.9. The molecule has 0 radical (unpaired) electrons. The molecule has 1 aromatic rings. The molecular weight excluding hydrogens is 224 g/mol. The van der Waals surface area contributed by atoms with Crippen molar-refractivity contribution in [3.05, 3.63) is 35.4 Å². The molecule has 2 aliphatic rings. The zero-order chi connectivity index (χ0) is 12.5. The molecule has 1 N–H and O–H groups in total. The Bertz CT molecular complexity index is 452. The lowest BCUT2D eigenvalue weighted by Gasteiger charge is -2.36. The number of hydrogen-bond acceptors (Lipinski definition) is 1. The zero-order valence-electron chi connectivity index (χ0n) is 10.9. The highest BCUT2D eigenvalue weighted by atomic mass is 16.2. The molecule has 1 heterocycles. The Morgan fingerprint density at radius 1 is 1.28 bits per heavy atom. The topological polar surface area (TPSA) is 32.3 Å². The van der Waals surface area contributed by atoms with Gasteiger partial charge in [0.2, 0.25) is 0 Å². The fraction of sp³-hybridized carbons (Fsp3) is 0.533. The second-order valence-electron chi connectivity index (χ2n) is 5.66. The van der Waals surface area contributed by atoms with E-state index in [1.807, 2.05) is 11.0 Å². The summed E-state index contributed by atoms with van der Waals surface area (Å²) < 4.78 is 0. The maximum atomic E-state index is 12.1. The molecule has 3 rings (SSSR count). The quantitative estimate of drug-likeness (QED) is 0.809. The van der Waals surface area contributed by atoms with Crippen molar-refractivity contribution in [1.82, 2.24) is 10.2 Å². The lowest BCUT2D eigenvalue weighted by atomic mass is 9.82. The normalized spacial score (nSPS) is 26.2. The Morgan fingerprint density at radius 2 is 2.00 bits per heavy atom. The Hall–Kier alpha value is -1.51. The summed E-state index contributed by atoms with van der Waals surface area (Å²) in [5.74, 6) is 0.775. The van der Waals surface area contributed by atoms with Crippen molar-refractivity contribution in [2.75, 3.05) is 6.54 Å². The molecule has 0 bridgehead atoms. The van der Waals surface area contributed by atoms with Crippen molar-refractivity contribution in [2.45, 2.75) is 38.8 Å². The van der Waals surface area contributed by atoms with E-state index in [-0.39, 0.29) is 6.03 Å². The Labute approximate surface area is 108 Å². The van der Waals surface area contributed by atoms with Crippen LogP contribution in [0.25, 0.3) is 0 Å². The maximum Gasteiger partial charge on any atom is 0.317 e. The molecule has 0 unspecified atom stereocenters. The second-order valence-corrected chi connectivity index (χ2v) is 5.66. The average molecular weight is 244 g/mol. The number of carbonyl (C=O) groups excluding carboxylic acids is 1. The smallest absolute Gasteiger partial charge is 0.317 e. The van der Waals surface area contributed by atoms with Crippen LogP contribution in [0.4, 0.5) is 4.79 Å². The van der Waals surface area contributed by atoms with Gasteiger partial charge in [-0.2, -0.15) is 0 Å². The molecule has 2 amide bonds. The summed E-state index contributed by atoms with van der Waals surface area (Å²) in [6, 6.07) is 8.93. The maximum absolute atomic E-state index is 12.1. The first-order valence-corrected chi connectivity index (χ1v) is 6.84. The lowest BCUT2D eigenvalue weighted by molar-refractivity contribution is 0.170. The van der Waals surface area contributed by atoms with Gasteiger partial charge in [0.25, 0.3) is 0 Å². The summed E-state index contributed by atoms with van der Waals surface area (Å²) in [5, 5.41) is 3.13. The van der Waals surface area contributed by atoms with Gasteiger partial charge in [-0.05, 0) is 36.3 Å². The van der Waals surface area contributed by atoms with E-state index < -0.39 is 0 Å². The number of nitrogens with one attached hydrogen (secondary N) is 1. The molecule has 0 atom stereocenters. The Kier molecular flexibility index (Phi) is 2.98. The fourth-order valence-corrected chi connectivity index (χ4v) is 2.96. The van der Waals surface area contributed by atoms with Gasteiger partial charge < -0.3 is 10.2 Å². The van der Waals surface area contributed by atoms with E-state index in [0.29, 0.717) is 6.04 Å². The van der Waals surface area contributed by atoms with Gasteiger partial charge in [-0.3, -0.25) is 0 Å². The van der Waals surface area contributed by atoms with E-state index in [0.717, 1.165) is 38.3 Å². The molecule has 96 valence electrons. The molecular formula is C15H20N2O. The van der Waals surface area contributed by atoms with E-state index >= 15 is 0 Å². The first kappa shape index (κ1) is 11.6. The van der Waals surface area contributed by atoms with Crippen molar-refractivity contribution in [3.8, 4) is 0 Å². The minimum absolute atomic E-state index is 0.112. The first-order valence-electron chi connectivity index (χ1n) is 6.84. The van der Waals surface area contributed by atoms with Crippen molar-refractivity contribution in [2.24, 2.45) is 5.92 Å². The summed E-state index contributed by atoms with van der Waals surface area (Å²) in [4.78, 5) is 14.1. The fourth-order valence-electron chi connectivity index (χ4n) is 2.96. The van der Waals surface area contributed by atoms with Crippen LogP contribution in [0.15, 0.2) is 24.3 Å². The molecule has 3 heteroatoms. The number of urea groups is 1. The third-order valence-corrected chi connectivity index (χ3v) is 4.12. The van der Waals surface area contributed by atoms with Gasteiger partial charge in [0, 0.05) is 19.1 Å². The van der Waals surface area contributed by atoms with Gasteiger partial charge in [-0.1, -0.05) is 31.2 Å². The molecule has 1 aliphatic heterocycles. The summed E-state index contributed by atoms with van der Waals surface area (Å²) in [5.41, 5.74) is 2.68. The third-order valence-electron chi connectivity index (χ3n) is 4.12. The highest BCUT2D eigenvalue weighted by molar-refractivity contribution is 5.75. The van der Waals surface area contributed by atoms with E-state index in [4.69, 9.17) is 0 Å². The van der Waals surface area contributed by atoms with E-state index in [9.17, 15) is 4.79 Å². The van der Waals surface area contributed by atoms with Crippen LogP contribution < -0.4 is 5.32 Å². The van der Waals surface area contributed by atoms with Gasteiger partial charge in [0.05, 0.1) is 0 Å². The van der Waals surface area contributed by atoms with Gasteiger partial charge in [0.1, 0.15) is 0 Å². The van der Waals surface area contributed by atoms with Gasteiger partial charge in [-0.15, -0.1) is 0 Å². The monoisotopic (exact) mass is 244 g/mol. The largest absolute Gasteiger partial charge is 0.335 e. The third kappa shape index (κ3) is 2.22. The minimum atomic E-state index is 0.112. The Balaban J connectivity index is 1.60. The first-order chi connectivity index (χ1) is 8.72. The summed E-state index contributed by atoms with van der Waals surface area (Å²) in [6.07, 6.45) is 3.25. The minimum Gasteiger partial charge on any atom is -0.335 e. The van der Waals surface area contributed by atoms with Crippen molar-refractivity contribution < 1.29 is 4.79 Å². The number of fused-ring (bicyclic) bond motifs is 1. The predicted molar refractivity (Wildman–Crippen MR) is 71.3 cm³/mol. The van der Waals surface area contributed by atoms with Gasteiger partial charge in [-0.25, -0.2) is 4.79 Å². The molecule has 1 aliphatic carbocycles. The molecule has 1 aromatic carbocycles. The number of rotatable bonds is 1. The molecule has 3 nitrogen and oxygen atoms in total. The van der Waals surface area contributed by atoms with E-state index in [1.54, 1.807) is 0 Å². The highest BCUT2D eigenvalue weighted by Crippen LogP contribution is 2.26. The number of carbonyl (C=O) groups is 1. The van der Waals surface area contributed by atoms with Crippen LogP contribution >= 0.6 is 0 Å². The van der Waals surface area contributed by atoms with Crippen LogP contribution in [0.3, 0.4) is 0 Å². The van der Waals surface area contributed by atoms with Crippen molar-refractivity contribution in [1.29, 1.82) is 0 Å². The number of benzene rings is 1. The molecule has 0 saturated heterocycles. The van der Waals surface area contributed by atoms with Crippen molar-refractivity contribution in [3.63, 3.8) is 0 Å². The van der Waals surface area contributed by atoms with Crippen LogP contribution in [0.5, 0.6) is 0 Å². The Morgan fingerprint density at radius 3 is 2.72 bits per heavy atom. The van der Waals surface area contributed by atoms with Crippen LogP contribution in [-0.2, 0) is 13.0 Å². The van der Waals surface area contributed by atoms with E-state index in [2.05, 4.69) is 30.4 Å². The van der Waals surface area contributed by atoms with Gasteiger partial charge in [0.15, 0.2) is 0 Å². The predicted octanol–water partition coefficient (Wildman–Crippen LogP) is 2.55. The molecule has 1 saturated carbocycles. The number of amides is 2. The molecule has 18 heavy (non-hydrogen) atoms. The van der Waals surface area contributed by atoms with E-state index in [1.165, 1.54) is 11.1 Å². The molecule has 0 aromatic heterocycles. The summed E-state index contributed by atoms with van der Waals surface area (Å²) in [6.45, 7) is 3.83. The standard InChI is InChI=1S/C15H20N2O/c1-11-8-14(9-11)16-15(18)17-7-6-12-4-2-3-5-13(12)10-17/h2-5,11,14H,6-10H2,1H3,(H,16,18). The summed E-state index contributed by atoms with van der Waals surface area (Å²) in [7, 11) is 0. The number of hydrogen-bond donors (Lipinski definition) is 1.